The van der Waals surface area contributed by atoms with Crippen LogP contribution in [0.1, 0.15) is 22.4 Å². The standard InChI is InChI=1S/C19H22N2O3S/c1-20(2)19(23)24-16-6-5-15-13-21(10-9-14(15)12-16)18(22)8-7-17-4-3-11-25-17/h3-6,11-12H,7-10,13H2,1-2H3. The molecule has 3 rings (SSSR count). The van der Waals surface area contributed by atoms with Gasteiger partial charge >= 0.3 is 6.09 Å². The first-order valence-corrected chi connectivity index (χ1v) is 9.22. The molecule has 0 N–H and O–H groups in total. The molecular formula is C19H22N2O3S. The Kier molecular flexibility index (Phi) is 5.38. The summed E-state index contributed by atoms with van der Waals surface area (Å²) in [6, 6.07) is 9.73. The van der Waals surface area contributed by atoms with E-state index in [0.717, 1.165) is 24.0 Å². The first-order valence-electron chi connectivity index (χ1n) is 8.34. The fraction of sp³-hybridized carbons (Fsp3) is 0.368. The van der Waals surface area contributed by atoms with Gasteiger partial charge in [-0.05, 0) is 47.5 Å². The van der Waals surface area contributed by atoms with Crippen LogP contribution in [0.5, 0.6) is 5.75 Å². The van der Waals surface area contributed by atoms with E-state index in [9.17, 15) is 9.59 Å². The molecule has 0 fully saturated rings. The maximum absolute atomic E-state index is 12.4. The van der Waals surface area contributed by atoms with Crippen LogP contribution < -0.4 is 4.74 Å². The molecular weight excluding hydrogens is 336 g/mol. The number of carbonyl (C=O) groups is 2. The van der Waals surface area contributed by atoms with E-state index in [1.165, 1.54) is 9.78 Å². The first-order chi connectivity index (χ1) is 12.0. The highest BCUT2D eigenvalue weighted by Crippen LogP contribution is 2.25. The lowest BCUT2D eigenvalue weighted by Crippen LogP contribution is -2.36. The van der Waals surface area contributed by atoms with Gasteiger partial charge in [0.05, 0.1) is 0 Å². The molecule has 2 heterocycles. The van der Waals surface area contributed by atoms with Crippen molar-refractivity contribution in [1.82, 2.24) is 9.80 Å². The summed E-state index contributed by atoms with van der Waals surface area (Å²) in [7, 11) is 3.31. The molecule has 0 aliphatic carbocycles. The van der Waals surface area contributed by atoms with Crippen LogP contribution in [0.25, 0.3) is 0 Å². The number of fused-ring (bicyclic) bond motifs is 1. The maximum Gasteiger partial charge on any atom is 0.414 e. The SMILES string of the molecule is CN(C)C(=O)Oc1ccc2c(c1)CCN(C(=O)CCc1cccs1)C2. The Labute approximate surface area is 151 Å². The van der Waals surface area contributed by atoms with Crippen molar-refractivity contribution in [2.75, 3.05) is 20.6 Å². The van der Waals surface area contributed by atoms with Gasteiger partial charge in [-0.2, -0.15) is 0 Å². The van der Waals surface area contributed by atoms with Crippen LogP contribution >= 0.6 is 11.3 Å². The Balaban J connectivity index is 1.59. The zero-order valence-corrected chi connectivity index (χ0v) is 15.3. The Morgan fingerprint density at radius 2 is 2.08 bits per heavy atom. The van der Waals surface area contributed by atoms with E-state index in [4.69, 9.17) is 4.74 Å². The predicted octanol–water partition coefficient (Wildman–Crippen LogP) is 3.33. The Bertz CT molecular complexity index is 756. The maximum atomic E-state index is 12.4. The fourth-order valence-electron chi connectivity index (χ4n) is 2.84. The van der Waals surface area contributed by atoms with Crippen LogP contribution in [0.3, 0.4) is 0 Å². The average Bonchev–Trinajstić information content (AvgIpc) is 3.12. The molecule has 1 aromatic heterocycles. The Hall–Kier alpha value is -2.34. The van der Waals surface area contributed by atoms with Gasteiger partial charge < -0.3 is 14.5 Å². The largest absolute Gasteiger partial charge is 0.414 e. The van der Waals surface area contributed by atoms with Crippen LogP contribution in [0.4, 0.5) is 4.79 Å². The topological polar surface area (TPSA) is 49.9 Å². The minimum absolute atomic E-state index is 0.196. The molecule has 0 unspecified atom stereocenters. The quantitative estimate of drug-likeness (QED) is 0.842. The van der Waals surface area contributed by atoms with Gasteiger partial charge in [0.15, 0.2) is 0 Å². The minimum atomic E-state index is -0.388. The second-order valence-corrected chi connectivity index (χ2v) is 7.37. The highest BCUT2D eigenvalue weighted by Gasteiger charge is 2.21. The molecule has 132 valence electrons. The molecule has 0 bridgehead atoms. The van der Waals surface area contributed by atoms with Crippen molar-refractivity contribution in [3.63, 3.8) is 0 Å². The van der Waals surface area contributed by atoms with Crippen molar-refractivity contribution in [3.05, 3.63) is 51.7 Å². The van der Waals surface area contributed by atoms with Crippen molar-refractivity contribution >= 4 is 23.3 Å². The number of benzene rings is 1. The zero-order valence-electron chi connectivity index (χ0n) is 14.5. The van der Waals surface area contributed by atoms with Crippen LogP contribution in [0, 0.1) is 0 Å². The second kappa shape index (κ2) is 7.70. The number of ether oxygens (including phenoxy) is 1. The lowest BCUT2D eigenvalue weighted by atomic mass is 9.99. The molecule has 0 spiro atoms. The summed E-state index contributed by atoms with van der Waals surface area (Å²) >= 11 is 1.69. The molecule has 1 aliphatic heterocycles. The van der Waals surface area contributed by atoms with E-state index in [-0.39, 0.29) is 12.0 Å². The lowest BCUT2D eigenvalue weighted by molar-refractivity contribution is -0.132. The molecule has 0 atom stereocenters. The number of hydrogen-bond acceptors (Lipinski definition) is 4. The summed E-state index contributed by atoms with van der Waals surface area (Å²) in [5.41, 5.74) is 2.27. The number of amides is 2. The molecule has 1 aliphatic rings. The van der Waals surface area contributed by atoms with Crippen molar-refractivity contribution < 1.29 is 14.3 Å². The molecule has 25 heavy (non-hydrogen) atoms. The van der Waals surface area contributed by atoms with Crippen molar-refractivity contribution in [2.24, 2.45) is 0 Å². The predicted molar refractivity (Wildman–Crippen MR) is 97.9 cm³/mol. The van der Waals surface area contributed by atoms with Crippen molar-refractivity contribution in [2.45, 2.75) is 25.8 Å². The van der Waals surface area contributed by atoms with Gasteiger partial charge in [-0.25, -0.2) is 4.79 Å². The lowest BCUT2D eigenvalue weighted by Gasteiger charge is -2.29. The van der Waals surface area contributed by atoms with Gasteiger partial charge in [0.2, 0.25) is 5.91 Å². The third-order valence-corrected chi connectivity index (χ3v) is 5.21. The summed E-state index contributed by atoms with van der Waals surface area (Å²) in [5, 5.41) is 2.04. The monoisotopic (exact) mass is 358 g/mol. The van der Waals surface area contributed by atoms with Gasteiger partial charge in [0, 0.05) is 38.5 Å². The normalized spacial score (nSPS) is 13.3. The summed E-state index contributed by atoms with van der Waals surface area (Å²) in [6.07, 6.45) is 1.75. The van der Waals surface area contributed by atoms with Gasteiger partial charge in [-0.1, -0.05) is 12.1 Å². The molecule has 0 saturated heterocycles. The number of carbonyl (C=O) groups excluding carboxylic acids is 2. The highest BCUT2D eigenvalue weighted by atomic mass is 32.1. The second-order valence-electron chi connectivity index (χ2n) is 6.34. The third kappa shape index (κ3) is 4.39. The van der Waals surface area contributed by atoms with Crippen molar-refractivity contribution in [1.29, 1.82) is 0 Å². The van der Waals surface area contributed by atoms with Gasteiger partial charge in [0.1, 0.15) is 5.75 Å². The van der Waals surface area contributed by atoms with E-state index in [2.05, 4.69) is 6.07 Å². The number of rotatable bonds is 4. The Morgan fingerprint density at radius 3 is 2.80 bits per heavy atom. The summed E-state index contributed by atoms with van der Waals surface area (Å²) < 4.78 is 5.30. The molecule has 0 radical (unpaired) electrons. The zero-order chi connectivity index (χ0) is 17.8. The highest BCUT2D eigenvalue weighted by molar-refractivity contribution is 7.09. The van der Waals surface area contributed by atoms with E-state index in [0.29, 0.717) is 25.3 Å². The first kappa shape index (κ1) is 17.5. The number of nitrogens with zero attached hydrogens (tertiary/aromatic N) is 2. The van der Waals surface area contributed by atoms with Crippen molar-refractivity contribution in [3.8, 4) is 5.75 Å². The summed E-state index contributed by atoms with van der Waals surface area (Å²) in [6.45, 7) is 1.34. The molecule has 0 saturated carbocycles. The minimum Gasteiger partial charge on any atom is -0.410 e. The van der Waals surface area contributed by atoms with E-state index in [1.54, 1.807) is 31.5 Å². The summed E-state index contributed by atoms with van der Waals surface area (Å²) in [4.78, 5) is 28.7. The number of thiophene rings is 1. The Morgan fingerprint density at radius 1 is 1.24 bits per heavy atom. The number of hydrogen-bond donors (Lipinski definition) is 0. The summed E-state index contributed by atoms with van der Waals surface area (Å²) in [5.74, 6) is 0.747. The molecule has 1 aromatic carbocycles. The smallest absolute Gasteiger partial charge is 0.410 e. The van der Waals surface area contributed by atoms with E-state index >= 15 is 0 Å². The van der Waals surface area contributed by atoms with Crippen LogP contribution in [0.15, 0.2) is 35.7 Å². The third-order valence-electron chi connectivity index (χ3n) is 4.28. The van der Waals surface area contributed by atoms with Gasteiger partial charge in [-0.15, -0.1) is 11.3 Å². The van der Waals surface area contributed by atoms with E-state index in [1.807, 2.05) is 28.5 Å². The van der Waals surface area contributed by atoms with Gasteiger partial charge in [-0.3, -0.25) is 4.79 Å². The number of aryl methyl sites for hydroxylation is 1. The average molecular weight is 358 g/mol. The van der Waals surface area contributed by atoms with Crippen LogP contribution in [-0.2, 0) is 24.2 Å². The van der Waals surface area contributed by atoms with Crippen LogP contribution in [-0.4, -0.2) is 42.4 Å². The fourth-order valence-corrected chi connectivity index (χ4v) is 3.55. The van der Waals surface area contributed by atoms with E-state index < -0.39 is 0 Å². The van der Waals surface area contributed by atoms with Gasteiger partial charge in [0.25, 0.3) is 0 Å². The molecule has 6 heteroatoms. The van der Waals surface area contributed by atoms with Crippen LogP contribution in [0.2, 0.25) is 0 Å². The molecule has 2 aromatic rings. The molecule has 2 amide bonds. The molecule has 5 nitrogen and oxygen atoms in total.